The van der Waals surface area contributed by atoms with Gasteiger partial charge in [0.25, 0.3) is 5.91 Å². The number of tetrazole rings is 1. The van der Waals surface area contributed by atoms with Gasteiger partial charge in [-0.3, -0.25) is 4.79 Å². The van der Waals surface area contributed by atoms with E-state index >= 15 is 0 Å². The standard InChI is InChI=1S/C15H20N6O/c1-11(16)12-6-8-20(9-7-12)15(22)13-4-2-3-5-14(13)21-10-17-18-19-21/h2-5,10-12H,6-9,16H2,1H3. The van der Waals surface area contributed by atoms with Crippen molar-refractivity contribution < 1.29 is 4.79 Å². The number of carbonyl (C=O) groups is 1. The third kappa shape index (κ3) is 2.85. The Balaban J connectivity index is 1.79. The van der Waals surface area contributed by atoms with Gasteiger partial charge in [-0.1, -0.05) is 12.1 Å². The molecule has 0 bridgehead atoms. The molecule has 1 unspecified atom stereocenters. The smallest absolute Gasteiger partial charge is 0.256 e. The van der Waals surface area contributed by atoms with Gasteiger partial charge in [-0.05, 0) is 48.2 Å². The Morgan fingerprint density at radius 2 is 2.05 bits per heavy atom. The molecule has 0 spiro atoms. The minimum absolute atomic E-state index is 0.0224. The summed E-state index contributed by atoms with van der Waals surface area (Å²) in [4.78, 5) is 14.7. The summed E-state index contributed by atoms with van der Waals surface area (Å²) in [6.45, 7) is 3.53. The fourth-order valence-corrected chi connectivity index (χ4v) is 2.92. The summed E-state index contributed by atoms with van der Waals surface area (Å²) in [5.74, 6) is 0.521. The molecule has 7 heteroatoms. The zero-order chi connectivity index (χ0) is 15.5. The molecule has 1 atom stereocenters. The van der Waals surface area contributed by atoms with Crippen LogP contribution in [0.15, 0.2) is 30.6 Å². The lowest BCUT2D eigenvalue weighted by Gasteiger charge is -2.34. The van der Waals surface area contributed by atoms with Crippen molar-refractivity contribution in [3.05, 3.63) is 36.2 Å². The summed E-state index contributed by atoms with van der Waals surface area (Å²) in [5, 5.41) is 11.1. The molecule has 1 aromatic heterocycles. The monoisotopic (exact) mass is 300 g/mol. The second kappa shape index (κ2) is 6.23. The number of hydrogen-bond acceptors (Lipinski definition) is 5. The Hall–Kier alpha value is -2.28. The van der Waals surface area contributed by atoms with Crippen molar-refractivity contribution in [2.24, 2.45) is 11.7 Å². The first-order valence-electron chi connectivity index (χ1n) is 7.54. The molecule has 1 fully saturated rings. The first-order valence-corrected chi connectivity index (χ1v) is 7.54. The number of carbonyl (C=O) groups excluding carboxylic acids is 1. The summed E-state index contributed by atoms with van der Waals surface area (Å²) in [6, 6.07) is 7.58. The van der Waals surface area contributed by atoms with Crippen molar-refractivity contribution in [2.75, 3.05) is 13.1 Å². The van der Waals surface area contributed by atoms with Crippen LogP contribution in [-0.4, -0.2) is 50.1 Å². The van der Waals surface area contributed by atoms with Gasteiger partial charge in [-0.2, -0.15) is 4.68 Å². The summed E-state index contributed by atoms with van der Waals surface area (Å²) in [6.07, 6.45) is 3.40. The Kier molecular flexibility index (Phi) is 4.15. The third-order valence-electron chi connectivity index (χ3n) is 4.30. The quantitative estimate of drug-likeness (QED) is 0.908. The zero-order valence-corrected chi connectivity index (χ0v) is 12.6. The average molecular weight is 300 g/mol. The van der Waals surface area contributed by atoms with Crippen molar-refractivity contribution in [3.8, 4) is 5.69 Å². The molecule has 0 saturated carbocycles. The predicted octanol–water partition coefficient (Wildman–Crippen LogP) is 0.862. The molecular weight excluding hydrogens is 280 g/mol. The van der Waals surface area contributed by atoms with Gasteiger partial charge in [0.15, 0.2) is 0 Å². The van der Waals surface area contributed by atoms with Gasteiger partial charge in [0, 0.05) is 19.1 Å². The van der Waals surface area contributed by atoms with Crippen molar-refractivity contribution in [1.82, 2.24) is 25.1 Å². The third-order valence-corrected chi connectivity index (χ3v) is 4.30. The summed E-state index contributed by atoms with van der Waals surface area (Å²) in [5.41, 5.74) is 7.28. The first-order chi connectivity index (χ1) is 10.7. The molecule has 1 amide bonds. The molecule has 0 radical (unpaired) electrons. The number of aromatic nitrogens is 4. The van der Waals surface area contributed by atoms with E-state index in [9.17, 15) is 4.79 Å². The zero-order valence-electron chi connectivity index (χ0n) is 12.6. The van der Waals surface area contributed by atoms with Crippen LogP contribution in [0, 0.1) is 5.92 Å². The highest BCUT2D eigenvalue weighted by atomic mass is 16.2. The van der Waals surface area contributed by atoms with E-state index in [2.05, 4.69) is 15.5 Å². The van der Waals surface area contributed by atoms with Crippen LogP contribution in [0.3, 0.4) is 0 Å². The topological polar surface area (TPSA) is 89.9 Å². The van der Waals surface area contributed by atoms with Crippen LogP contribution in [0.4, 0.5) is 0 Å². The molecule has 1 aromatic carbocycles. The Labute approximate surface area is 129 Å². The Morgan fingerprint density at radius 1 is 1.32 bits per heavy atom. The normalized spacial score (nSPS) is 17.5. The van der Waals surface area contributed by atoms with Crippen molar-refractivity contribution in [1.29, 1.82) is 0 Å². The van der Waals surface area contributed by atoms with E-state index in [4.69, 9.17) is 5.73 Å². The van der Waals surface area contributed by atoms with E-state index < -0.39 is 0 Å². The maximum absolute atomic E-state index is 12.8. The van der Waals surface area contributed by atoms with Crippen LogP contribution in [0.25, 0.3) is 5.69 Å². The molecule has 2 N–H and O–H groups in total. The second-order valence-corrected chi connectivity index (χ2v) is 5.76. The van der Waals surface area contributed by atoms with Crippen LogP contribution in [0.2, 0.25) is 0 Å². The molecule has 1 saturated heterocycles. The Bertz CT molecular complexity index is 631. The van der Waals surface area contributed by atoms with Crippen molar-refractivity contribution >= 4 is 5.91 Å². The first kappa shape index (κ1) is 14.6. The molecule has 3 rings (SSSR count). The number of rotatable bonds is 3. The lowest BCUT2D eigenvalue weighted by atomic mass is 9.90. The SMILES string of the molecule is CC(N)C1CCN(C(=O)c2ccccc2-n2cnnn2)CC1. The number of likely N-dealkylation sites (tertiary alicyclic amines) is 1. The minimum Gasteiger partial charge on any atom is -0.339 e. The molecule has 7 nitrogen and oxygen atoms in total. The van der Waals surface area contributed by atoms with Gasteiger partial charge < -0.3 is 10.6 Å². The lowest BCUT2D eigenvalue weighted by molar-refractivity contribution is 0.0681. The fraction of sp³-hybridized carbons (Fsp3) is 0.467. The van der Waals surface area contributed by atoms with E-state index in [1.807, 2.05) is 36.1 Å². The van der Waals surface area contributed by atoms with Gasteiger partial charge >= 0.3 is 0 Å². The maximum Gasteiger partial charge on any atom is 0.256 e. The molecule has 1 aliphatic rings. The van der Waals surface area contributed by atoms with Gasteiger partial charge in [0.05, 0.1) is 11.3 Å². The molecule has 2 aromatic rings. The summed E-state index contributed by atoms with van der Waals surface area (Å²) < 4.78 is 1.52. The number of nitrogens with two attached hydrogens (primary N) is 1. The molecule has 116 valence electrons. The van der Waals surface area contributed by atoms with Crippen molar-refractivity contribution in [2.45, 2.75) is 25.8 Å². The molecule has 0 aliphatic carbocycles. The summed E-state index contributed by atoms with van der Waals surface area (Å²) >= 11 is 0. The van der Waals surface area contributed by atoms with Crippen molar-refractivity contribution in [3.63, 3.8) is 0 Å². The molecule has 22 heavy (non-hydrogen) atoms. The van der Waals surface area contributed by atoms with Gasteiger partial charge in [-0.25, -0.2) is 0 Å². The van der Waals surface area contributed by atoms with E-state index in [0.29, 0.717) is 17.2 Å². The number of nitrogens with zero attached hydrogens (tertiary/aromatic N) is 5. The van der Waals surface area contributed by atoms with Crippen LogP contribution in [-0.2, 0) is 0 Å². The van der Waals surface area contributed by atoms with E-state index in [1.165, 1.54) is 11.0 Å². The molecule has 2 heterocycles. The fourth-order valence-electron chi connectivity index (χ4n) is 2.92. The van der Waals surface area contributed by atoms with Crippen LogP contribution in [0.5, 0.6) is 0 Å². The number of piperidine rings is 1. The molecule has 1 aliphatic heterocycles. The number of amides is 1. The lowest BCUT2D eigenvalue weighted by Crippen LogP contribution is -2.42. The van der Waals surface area contributed by atoms with E-state index in [0.717, 1.165) is 25.9 Å². The number of benzene rings is 1. The predicted molar refractivity (Wildman–Crippen MR) is 81.4 cm³/mol. The van der Waals surface area contributed by atoms with Crippen LogP contribution in [0.1, 0.15) is 30.1 Å². The average Bonchev–Trinajstić information content (AvgIpc) is 3.08. The van der Waals surface area contributed by atoms with E-state index in [-0.39, 0.29) is 11.9 Å². The highest BCUT2D eigenvalue weighted by Gasteiger charge is 2.26. The van der Waals surface area contributed by atoms with Gasteiger partial charge in [-0.15, -0.1) is 5.10 Å². The largest absolute Gasteiger partial charge is 0.339 e. The second-order valence-electron chi connectivity index (χ2n) is 5.76. The number of para-hydroxylation sites is 1. The van der Waals surface area contributed by atoms with E-state index in [1.54, 1.807) is 0 Å². The number of hydrogen-bond donors (Lipinski definition) is 1. The van der Waals surface area contributed by atoms with Gasteiger partial charge in [0.2, 0.25) is 0 Å². The minimum atomic E-state index is 0.0224. The van der Waals surface area contributed by atoms with Crippen LogP contribution >= 0.6 is 0 Å². The van der Waals surface area contributed by atoms with Crippen LogP contribution < -0.4 is 5.73 Å². The highest BCUT2D eigenvalue weighted by Crippen LogP contribution is 2.22. The summed E-state index contributed by atoms with van der Waals surface area (Å²) in [7, 11) is 0. The maximum atomic E-state index is 12.8. The highest BCUT2D eigenvalue weighted by molar-refractivity contribution is 5.97. The van der Waals surface area contributed by atoms with Gasteiger partial charge in [0.1, 0.15) is 6.33 Å². The Morgan fingerprint density at radius 3 is 2.68 bits per heavy atom. The molecular formula is C15H20N6O.